The highest BCUT2D eigenvalue weighted by atomic mass is 32.2. The van der Waals surface area contributed by atoms with Crippen molar-refractivity contribution >= 4 is 11.0 Å². The average molecular weight is 262 g/mol. The first-order chi connectivity index (χ1) is 8.79. The van der Waals surface area contributed by atoms with E-state index in [-0.39, 0.29) is 0 Å². The standard InChI is InChI=1S/C13H14N2O2S/c1-17-12-5-2-6-13(8-12)18(16)15-10-11-4-3-7-14-9-11/h2-9,15H,10H2,1H3. The van der Waals surface area contributed by atoms with Crippen LogP contribution >= 0.6 is 0 Å². The molecule has 2 aromatic rings. The molecular weight excluding hydrogens is 248 g/mol. The van der Waals surface area contributed by atoms with Gasteiger partial charge in [-0.15, -0.1) is 0 Å². The highest BCUT2D eigenvalue weighted by Gasteiger charge is 2.04. The Balaban J connectivity index is 1.99. The summed E-state index contributed by atoms with van der Waals surface area (Å²) in [6, 6.07) is 11.0. The highest BCUT2D eigenvalue weighted by Crippen LogP contribution is 2.14. The predicted molar refractivity (Wildman–Crippen MR) is 70.5 cm³/mol. The van der Waals surface area contributed by atoms with Gasteiger partial charge in [0.25, 0.3) is 0 Å². The van der Waals surface area contributed by atoms with Crippen LogP contribution in [0.25, 0.3) is 0 Å². The minimum absolute atomic E-state index is 0.512. The summed E-state index contributed by atoms with van der Waals surface area (Å²) >= 11 is 0. The van der Waals surface area contributed by atoms with Gasteiger partial charge in [-0.3, -0.25) is 4.98 Å². The van der Waals surface area contributed by atoms with E-state index >= 15 is 0 Å². The SMILES string of the molecule is COc1cccc(S(=O)NCc2cccnc2)c1. The summed E-state index contributed by atoms with van der Waals surface area (Å²) in [5.74, 6) is 0.698. The predicted octanol–water partition coefficient (Wildman–Crippen LogP) is 1.90. The Kier molecular flexibility index (Phi) is 4.44. The lowest BCUT2D eigenvalue weighted by molar-refractivity contribution is 0.413. The largest absolute Gasteiger partial charge is 0.497 e. The van der Waals surface area contributed by atoms with Crippen molar-refractivity contribution in [2.45, 2.75) is 11.4 Å². The fourth-order valence-corrected chi connectivity index (χ4v) is 2.34. The Bertz CT molecular complexity index is 532. The maximum Gasteiger partial charge on any atom is 0.125 e. The smallest absolute Gasteiger partial charge is 0.125 e. The van der Waals surface area contributed by atoms with Gasteiger partial charge >= 0.3 is 0 Å². The van der Waals surface area contributed by atoms with Crippen molar-refractivity contribution in [2.75, 3.05) is 7.11 Å². The minimum atomic E-state index is -1.25. The molecule has 0 saturated heterocycles. The molecule has 0 aliphatic rings. The third kappa shape index (κ3) is 3.38. The van der Waals surface area contributed by atoms with Gasteiger partial charge in [-0.05, 0) is 29.8 Å². The average Bonchev–Trinajstić information content (AvgIpc) is 2.46. The first kappa shape index (κ1) is 12.7. The summed E-state index contributed by atoms with van der Waals surface area (Å²) in [6.07, 6.45) is 3.46. The molecule has 0 spiro atoms. The molecule has 5 heteroatoms. The molecule has 0 fully saturated rings. The van der Waals surface area contributed by atoms with Crippen molar-refractivity contribution in [1.29, 1.82) is 0 Å². The molecule has 1 unspecified atom stereocenters. The first-order valence-electron chi connectivity index (χ1n) is 5.48. The summed E-state index contributed by atoms with van der Waals surface area (Å²) in [7, 11) is 0.335. The normalized spacial score (nSPS) is 12.1. The van der Waals surface area contributed by atoms with Crippen LogP contribution < -0.4 is 9.46 Å². The minimum Gasteiger partial charge on any atom is -0.497 e. The summed E-state index contributed by atoms with van der Waals surface area (Å²) in [6.45, 7) is 0.512. The zero-order valence-corrected chi connectivity index (χ0v) is 10.8. The number of pyridine rings is 1. The van der Waals surface area contributed by atoms with Crippen LogP contribution in [0.1, 0.15) is 5.56 Å². The van der Waals surface area contributed by atoms with Gasteiger partial charge in [0.2, 0.25) is 0 Å². The third-order valence-electron chi connectivity index (χ3n) is 2.39. The van der Waals surface area contributed by atoms with Crippen molar-refractivity contribution < 1.29 is 8.95 Å². The number of rotatable bonds is 5. The van der Waals surface area contributed by atoms with Crippen LogP contribution in [-0.2, 0) is 17.5 Å². The van der Waals surface area contributed by atoms with E-state index in [0.717, 1.165) is 5.56 Å². The van der Waals surface area contributed by atoms with Crippen LogP contribution in [0.2, 0.25) is 0 Å². The van der Waals surface area contributed by atoms with E-state index in [4.69, 9.17) is 4.74 Å². The van der Waals surface area contributed by atoms with Gasteiger partial charge in [0.1, 0.15) is 16.7 Å². The number of hydrogen-bond donors (Lipinski definition) is 1. The summed E-state index contributed by atoms with van der Waals surface area (Å²) < 4.78 is 20.0. The fraction of sp³-hybridized carbons (Fsp3) is 0.154. The topological polar surface area (TPSA) is 51.2 Å². The number of hydrogen-bond acceptors (Lipinski definition) is 3. The molecule has 4 nitrogen and oxygen atoms in total. The lowest BCUT2D eigenvalue weighted by Crippen LogP contribution is -2.16. The van der Waals surface area contributed by atoms with E-state index < -0.39 is 11.0 Å². The second-order valence-electron chi connectivity index (χ2n) is 3.63. The molecule has 0 aliphatic heterocycles. The maximum absolute atomic E-state index is 12.0. The van der Waals surface area contributed by atoms with Crippen LogP contribution in [0.4, 0.5) is 0 Å². The lowest BCUT2D eigenvalue weighted by atomic mass is 10.3. The van der Waals surface area contributed by atoms with E-state index in [9.17, 15) is 4.21 Å². The molecule has 1 aromatic carbocycles. The van der Waals surface area contributed by atoms with Crippen molar-refractivity contribution in [1.82, 2.24) is 9.71 Å². The Morgan fingerprint density at radius 3 is 2.94 bits per heavy atom. The van der Waals surface area contributed by atoms with Crippen LogP contribution in [0.5, 0.6) is 5.75 Å². The molecule has 2 rings (SSSR count). The molecule has 0 amide bonds. The van der Waals surface area contributed by atoms with E-state index in [1.807, 2.05) is 24.3 Å². The molecule has 94 valence electrons. The van der Waals surface area contributed by atoms with Gasteiger partial charge in [-0.25, -0.2) is 8.93 Å². The Labute approximate surface area is 109 Å². The quantitative estimate of drug-likeness (QED) is 0.895. The summed E-state index contributed by atoms with van der Waals surface area (Å²) in [5.41, 5.74) is 0.994. The van der Waals surface area contributed by atoms with E-state index in [2.05, 4.69) is 9.71 Å². The molecule has 0 aliphatic carbocycles. The molecule has 0 radical (unpaired) electrons. The van der Waals surface area contributed by atoms with Crippen molar-refractivity contribution in [3.8, 4) is 5.75 Å². The van der Waals surface area contributed by atoms with Crippen molar-refractivity contribution in [3.05, 3.63) is 54.4 Å². The highest BCUT2D eigenvalue weighted by molar-refractivity contribution is 7.83. The Hall–Kier alpha value is -1.72. The Morgan fingerprint density at radius 1 is 1.33 bits per heavy atom. The van der Waals surface area contributed by atoms with Crippen LogP contribution in [0.3, 0.4) is 0 Å². The number of nitrogens with zero attached hydrogens (tertiary/aromatic N) is 1. The maximum atomic E-state index is 12.0. The van der Waals surface area contributed by atoms with E-state index in [0.29, 0.717) is 17.2 Å². The number of aromatic nitrogens is 1. The number of methoxy groups -OCH3 is 1. The van der Waals surface area contributed by atoms with Crippen LogP contribution in [-0.4, -0.2) is 16.3 Å². The molecule has 0 bridgehead atoms. The molecule has 1 N–H and O–H groups in total. The first-order valence-corrected chi connectivity index (χ1v) is 6.63. The number of ether oxygens (including phenoxy) is 1. The van der Waals surface area contributed by atoms with Gasteiger partial charge in [0.05, 0.1) is 12.0 Å². The number of benzene rings is 1. The van der Waals surface area contributed by atoms with E-state index in [1.54, 1.807) is 31.6 Å². The molecule has 18 heavy (non-hydrogen) atoms. The molecule has 1 aromatic heterocycles. The van der Waals surface area contributed by atoms with E-state index in [1.165, 1.54) is 0 Å². The van der Waals surface area contributed by atoms with Gasteiger partial charge in [-0.1, -0.05) is 12.1 Å². The van der Waals surface area contributed by atoms with Crippen LogP contribution in [0.15, 0.2) is 53.7 Å². The van der Waals surface area contributed by atoms with Crippen molar-refractivity contribution in [3.63, 3.8) is 0 Å². The Morgan fingerprint density at radius 2 is 2.22 bits per heavy atom. The zero-order valence-electron chi connectivity index (χ0n) is 10.00. The van der Waals surface area contributed by atoms with Crippen molar-refractivity contribution in [2.24, 2.45) is 0 Å². The molecular formula is C13H14N2O2S. The fourth-order valence-electron chi connectivity index (χ4n) is 1.45. The molecule has 0 saturated carbocycles. The monoisotopic (exact) mass is 262 g/mol. The second kappa shape index (κ2) is 6.28. The van der Waals surface area contributed by atoms with Gasteiger partial charge < -0.3 is 4.74 Å². The third-order valence-corrected chi connectivity index (χ3v) is 3.47. The second-order valence-corrected chi connectivity index (χ2v) is 4.93. The zero-order chi connectivity index (χ0) is 12.8. The summed E-state index contributed by atoms with van der Waals surface area (Å²) in [4.78, 5) is 4.70. The number of nitrogens with one attached hydrogen (secondary N) is 1. The summed E-state index contributed by atoms with van der Waals surface area (Å²) in [5, 5.41) is 0. The lowest BCUT2D eigenvalue weighted by Gasteiger charge is -2.06. The van der Waals surface area contributed by atoms with Gasteiger partial charge in [0.15, 0.2) is 0 Å². The van der Waals surface area contributed by atoms with Crippen LogP contribution in [0, 0.1) is 0 Å². The van der Waals surface area contributed by atoms with Gasteiger partial charge in [0, 0.05) is 18.9 Å². The molecule has 1 atom stereocenters. The molecule has 1 heterocycles. The van der Waals surface area contributed by atoms with Gasteiger partial charge in [-0.2, -0.15) is 0 Å².